The van der Waals surface area contributed by atoms with Crippen molar-refractivity contribution in [1.29, 1.82) is 0 Å². The third-order valence-electron chi connectivity index (χ3n) is 3.51. The molecule has 3 nitrogen and oxygen atoms in total. The highest BCUT2D eigenvalue weighted by atomic mass is 16.5. The van der Waals surface area contributed by atoms with E-state index in [0.717, 1.165) is 22.4 Å². The Morgan fingerprint density at radius 1 is 1.16 bits per heavy atom. The lowest BCUT2D eigenvalue weighted by molar-refractivity contribution is 0.0120. The molecule has 2 unspecified atom stereocenters. The van der Waals surface area contributed by atoms with Gasteiger partial charge in [-0.1, -0.05) is 19.9 Å². The summed E-state index contributed by atoms with van der Waals surface area (Å²) in [5.41, 5.74) is 9.83. The van der Waals surface area contributed by atoms with Crippen LogP contribution < -0.4 is 10.5 Å². The van der Waals surface area contributed by atoms with Gasteiger partial charge in [-0.2, -0.15) is 0 Å². The lowest BCUT2D eigenvalue weighted by atomic mass is 9.90. The number of methoxy groups -OCH3 is 1. The third-order valence-corrected chi connectivity index (χ3v) is 3.51. The van der Waals surface area contributed by atoms with Crippen LogP contribution in [0.1, 0.15) is 43.5 Å². The van der Waals surface area contributed by atoms with Gasteiger partial charge in [-0.3, -0.25) is 0 Å². The second-order valence-corrected chi connectivity index (χ2v) is 5.37. The summed E-state index contributed by atoms with van der Waals surface area (Å²) in [4.78, 5) is 0. The predicted molar refractivity (Wildman–Crippen MR) is 79.6 cm³/mol. The van der Waals surface area contributed by atoms with E-state index >= 15 is 0 Å². The monoisotopic (exact) mass is 265 g/mol. The zero-order chi connectivity index (χ0) is 14.6. The van der Waals surface area contributed by atoms with Gasteiger partial charge in [0, 0.05) is 6.61 Å². The molecule has 0 amide bonds. The van der Waals surface area contributed by atoms with Crippen molar-refractivity contribution in [3.8, 4) is 5.75 Å². The Morgan fingerprint density at radius 3 is 2.26 bits per heavy atom. The Balaban J connectivity index is 3.10. The van der Waals surface area contributed by atoms with Gasteiger partial charge in [0.25, 0.3) is 0 Å². The van der Waals surface area contributed by atoms with Crippen molar-refractivity contribution in [3.05, 3.63) is 28.8 Å². The largest absolute Gasteiger partial charge is 0.496 e. The lowest BCUT2D eigenvalue weighted by Gasteiger charge is -2.29. The van der Waals surface area contributed by atoms with Crippen LogP contribution in [0.2, 0.25) is 0 Å². The molecule has 0 aliphatic carbocycles. The Bertz CT molecular complexity index is 415. The van der Waals surface area contributed by atoms with E-state index in [1.807, 2.05) is 19.9 Å². The molecule has 0 heterocycles. The van der Waals surface area contributed by atoms with Crippen molar-refractivity contribution >= 4 is 0 Å². The number of aryl methyl sites for hydroxylation is 2. The second kappa shape index (κ2) is 6.92. The van der Waals surface area contributed by atoms with Crippen LogP contribution in [0.5, 0.6) is 5.75 Å². The van der Waals surface area contributed by atoms with E-state index in [1.54, 1.807) is 7.11 Å². The van der Waals surface area contributed by atoms with Gasteiger partial charge in [-0.05, 0) is 49.4 Å². The third kappa shape index (κ3) is 3.71. The SMILES string of the molecule is CCOC(C(C)C)C(N)c1cc(C)c(OC)cc1C. The highest BCUT2D eigenvalue weighted by molar-refractivity contribution is 5.43. The number of rotatable bonds is 6. The minimum atomic E-state index is -0.107. The van der Waals surface area contributed by atoms with Gasteiger partial charge in [0.15, 0.2) is 0 Å². The molecular weight excluding hydrogens is 238 g/mol. The molecule has 0 aliphatic heterocycles. The van der Waals surface area contributed by atoms with Crippen molar-refractivity contribution in [3.63, 3.8) is 0 Å². The lowest BCUT2D eigenvalue weighted by Crippen LogP contribution is -2.34. The first-order valence-electron chi connectivity index (χ1n) is 6.94. The normalized spacial score (nSPS) is 14.5. The Labute approximate surface area is 117 Å². The molecule has 0 aliphatic rings. The van der Waals surface area contributed by atoms with Crippen molar-refractivity contribution in [2.45, 2.75) is 46.8 Å². The highest BCUT2D eigenvalue weighted by Gasteiger charge is 2.25. The molecule has 2 atom stereocenters. The van der Waals surface area contributed by atoms with Crippen LogP contribution in [0.25, 0.3) is 0 Å². The van der Waals surface area contributed by atoms with Crippen LogP contribution in [-0.2, 0) is 4.74 Å². The van der Waals surface area contributed by atoms with Gasteiger partial charge in [-0.15, -0.1) is 0 Å². The summed E-state index contributed by atoms with van der Waals surface area (Å²) in [6.07, 6.45) is 0.0384. The zero-order valence-electron chi connectivity index (χ0n) is 13.0. The highest BCUT2D eigenvalue weighted by Crippen LogP contribution is 2.30. The minimum absolute atomic E-state index is 0.0384. The fourth-order valence-electron chi connectivity index (χ4n) is 2.47. The van der Waals surface area contributed by atoms with E-state index in [0.29, 0.717) is 12.5 Å². The summed E-state index contributed by atoms with van der Waals surface area (Å²) in [6.45, 7) is 11.1. The number of benzene rings is 1. The smallest absolute Gasteiger partial charge is 0.122 e. The van der Waals surface area contributed by atoms with Crippen LogP contribution >= 0.6 is 0 Å². The standard InChI is InChI=1S/C16H27NO2/c1-7-19-16(10(2)3)15(17)13-8-12(5)14(18-6)9-11(13)4/h8-10,15-16H,7,17H2,1-6H3. The fourth-order valence-corrected chi connectivity index (χ4v) is 2.47. The molecule has 0 fully saturated rings. The number of ether oxygens (including phenoxy) is 2. The number of hydrogen-bond acceptors (Lipinski definition) is 3. The molecule has 108 valence electrons. The summed E-state index contributed by atoms with van der Waals surface area (Å²) in [5.74, 6) is 1.29. The van der Waals surface area contributed by atoms with E-state index in [-0.39, 0.29) is 12.1 Å². The molecule has 19 heavy (non-hydrogen) atoms. The molecule has 0 spiro atoms. The molecule has 0 saturated carbocycles. The fraction of sp³-hybridized carbons (Fsp3) is 0.625. The summed E-state index contributed by atoms with van der Waals surface area (Å²) in [5, 5.41) is 0. The molecule has 0 aromatic heterocycles. The van der Waals surface area contributed by atoms with Gasteiger partial charge in [-0.25, -0.2) is 0 Å². The summed E-state index contributed by atoms with van der Waals surface area (Å²) >= 11 is 0. The molecule has 1 aromatic rings. The number of nitrogens with two attached hydrogens (primary N) is 1. The van der Waals surface area contributed by atoms with Crippen molar-refractivity contribution < 1.29 is 9.47 Å². The van der Waals surface area contributed by atoms with Crippen LogP contribution in [0, 0.1) is 19.8 Å². The van der Waals surface area contributed by atoms with E-state index in [9.17, 15) is 0 Å². The first kappa shape index (κ1) is 16.0. The van der Waals surface area contributed by atoms with Crippen LogP contribution in [0.3, 0.4) is 0 Å². The Kier molecular flexibility index (Phi) is 5.83. The predicted octanol–water partition coefficient (Wildman–Crippen LogP) is 3.37. The molecule has 0 saturated heterocycles. The molecule has 0 bridgehead atoms. The van der Waals surface area contributed by atoms with Crippen molar-refractivity contribution in [2.75, 3.05) is 13.7 Å². The first-order valence-corrected chi connectivity index (χ1v) is 6.94. The zero-order valence-corrected chi connectivity index (χ0v) is 13.0. The molecular formula is C16H27NO2. The van der Waals surface area contributed by atoms with Gasteiger partial charge in [0.1, 0.15) is 5.75 Å². The van der Waals surface area contributed by atoms with Crippen molar-refractivity contribution in [2.24, 2.45) is 11.7 Å². The van der Waals surface area contributed by atoms with Crippen molar-refractivity contribution in [1.82, 2.24) is 0 Å². The van der Waals surface area contributed by atoms with Gasteiger partial charge in [0.05, 0.1) is 19.3 Å². The van der Waals surface area contributed by atoms with E-state index in [1.165, 1.54) is 0 Å². The molecule has 0 radical (unpaired) electrons. The maximum atomic E-state index is 6.42. The molecule has 1 rings (SSSR count). The number of hydrogen-bond donors (Lipinski definition) is 1. The van der Waals surface area contributed by atoms with Gasteiger partial charge in [0.2, 0.25) is 0 Å². The quantitative estimate of drug-likeness (QED) is 0.857. The Morgan fingerprint density at radius 2 is 1.79 bits per heavy atom. The summed E-state index contributed by atoms with van der Waals surface area (Å²) < 4.78 is 11.2. The van der Waals surface area contributed by atoms with Gasteiger partial charge < -0.3 is 15.2 Å². The molecule has 3 heteroatoms. The van der Waals surface area contributed by atoms with Crippen LogP contribution in [0.4, 0.5) is 0 Å². The van der Waals surface area contributed by atoms with E-state index < -0.39 is 0 Å². The molecule has 2 N–H and O–H groups in total. The van der Waals surface area contributed by atoms with E-state index in [2.05, 4.69) is 26.8 Å². The van der Waals surface area contributed by atoms with Crippen LogP contribution in [-0.4, -0.2) is 19.8 Å². The maximum Gasteiger partial charge on any atom is 0.122 e. The van der Waals surface area contributed by atoms with E-state index in [4.69, 9.17) is 15.2 Å². The average Bonchev–Trinajstić information content (AvgIpc) is 2.37. The molecule has 1 aromatic carbocycles. The first-order chi connectivity index (χ1) is 8.92. The summed E-state index contributed by atoms with van der Waals surface area (Å²) in [7, 11) is 1.69. The summed E-state index contributed by atoms with van der Waals surface area (Å²) in [6, 6.07) is 4.06. The Hall–Kier alpha value is -1.06. The van der Waals surface area contributed by atoms with Crippen LogP contribution in [0.15, 0.2) is 12.1 Å². The minimum Gasteiger partial charge on any atom is -0.496 e. The topological polar surface area (TPSA) is 44.5 Å². The van der Waals surface area contributed by atoms with Gasteiger partial charge >= 0.3 is 0 Å². The maximum absolute atomic E-state index is 6.42. The second-order valence-electron chi connectivity index (χ2n) is 5.37. The average molecular weight is 265 g/mol.